The summed E-state index contributed by atoms with van der Waals surface area (Å²) in [6.45, 7) is 19.4. The topological polar surface area (TPSA) is 95.5 Å². The molecule has 214 valence electrons. The molecular formula is C34H45NO4Ti. The van der Waals surface area contributed by atoms with Gasteiger partial charge in [-0.15, -0.1) is 17.2 Å². The summed E-state index contributed by atoms with van der Waals surface area (Å²) in [6, 6.07) is 17.0. The monoisotopic (exact) mass is 579 g/mol. The zero-order valence-electron chi connectivity index (χ0n) is 25.9. The number of rotatable bonds is 6. The fraction of sp³-hybridized carbons (Fsp3) is 0.471. The van der Waals surface area contributed by atoms with Gasteiger partial charge in [0.2, 0.25) is 0 Å². The van der Waals surface area contributed by atoms with Crippen LogP contribution in [0.1, 0.15) is 95.7 Å². The molecule has 0 bridgehead atoms. The van der Waals surface area contributed by atoms with E-state index in [2.05, 4.69) is 4.90 Å². The van der Waals surface area contributed by atoms with E-state index in [4.69, 9.17) is 5.11 Å². The van der Waals surface area contributed by atoms with Crippen molar-refractivity contribution in [1.82, 2.24) is 4.90 Å². The van der Waals surface area contributed by atoms with Crippen molar-refractivity contribution >= 4 is 0 Å². The standard InChI is InChI=1S/C33H45NO3.CH3O.Ti/c1-31(2,3)25-16-10-13-22(28(25)35)19-34(20-23-14-11-17-26(29(23)36)32(4,5)6)21-24-15-12-18-27(30(24)37)33(7,8)9;1-2;/h10-18,35-37H,19-21H2,1-9H3;1H3;/q;-1;+4/p-3. The molecule has 0 aromatic heterocycles. The van der Waals surface area contributed by atoms with E-state index in [0.29, 0.717) is 36.3 Å². The molecule has 0 radical (unpaired) electrons. The summed E-state index contributed by atoms with van der Waals surface area (Å²) in [5.74, 6) is 0.0738. The fourth-order valence-electron chi connectivity index (χ4n) is 4.79. The van der Waals surface area contributed by atoms with Crippen molar-refractivity contribution in [3.05, 3.63) is 88.0 Å². The van der Waals surface area contributed by atoms with Crippen LogP contribution in [-0.4, -0.2) is 12.0 Å². The number of benzene rings is 3. The quantitative estimate of drug-likeness (QED) is 0.384. The molecule has 0 saturated carbocycles. The summed E-state index contributed by atoms with van der Waals surface area (Å²) in [7, 11) is 0.750. The Balaban J connectivity index is 0.00000261. The van der Waals surface area contributed by atoms with Gasteiger partial charge in [0, 0.05) is 19.6 Å². The van der Waals surface area contributed by atoms with Gasteiger partial charge < -0.3 is 20.4 Å². The number of nitrogens with zero attached hydrogens (tertiary/aromatic N) is 1. The Labute approximate surface area is 256 Å². The molecule has 3 aromatic carbocycles. The van der Waals surface area contributed by atoms with Crippen LogP contribution in [0.2, 0.25) is 0 Å². The predicted octanol–water partition coefficient (Wildman–Crippen LogP) is 4.98. The van der Waals surface area contributed by atoms with Crippen LogP contribution in [-0.2, 0) is 57.6 Å². The van der Waals surface area contributed by atoms with Crippen LogP contribution in [0.4, 0.5) is 0 Å². The van der Waals surface area contributed by atoms with Gasteiger partial charge in [0.15, 0.2) is 0 Å². The van der Waals surface area contributed by atoms with E-state index in [1.54, 1.807) is 0 Å². The van der Waals surface area contributed by atoms with Gasteiger partial charge in [-0.1, -0.05) is 134 Å². The summed E-state index contributed by atoms with van der Waals surface area (Å²) in [5.41, 5.74) is 3.50. The minimum atomic E-state index is -0.273. The first-order chi connectivity index (χ1) is 18.0. The Morgan fingerprint density at radius 1 is 0.475 bits per heavy atom. The van der Waals surface area contributed by atoms with Crippen molar-refractivity contribution in [2.75, 3.05) is 7.11 Å². The minimum Gasteiger partial charge on any atom is -0.872 e. The summed E-state index contributed by atoms with van der Waals surface area (Å²) >= 11 is 0. The summed E-state index contributed by atoms with van der Waals surface area (Å²) in [5, 5.41) is 48.5. The molecule has 0 spiro atoms. The van der Waals surface area contributed by atoms with Crippen LogP contribution >= 0.6 is 0 Å². The molecule has 0 aliphatic rings. The van der Waals surface area contributed by atoms with Crippen LogP contribution in [0.3, 0.4) is 0 Å². The van der Waals surface area contributed by atoms with Gasteiger partial charge in [0.1, 0.15) is 0 Å². The zero-order chi connectivity index (χ0) is 29.8. The van der Waals surface area contributed by atoms with Gasteiger partial charge in [-0.05, 0) is 32.9 Å². The third kappa shape index (κ3) is 8.85. The largest absolute Gasteiger partial charge is 4.00 e. The third-order valence-electron chi connectivity index (χ3n) is 6.90. The fourth-order valence-corrected chi connectivity index (χ4v) is 4.79. The molecule has 0 saturated heterocycles. The Morgan fingerprint density at radius 3 is 0.900 bits per heavy atom. The van der Waals surface area contributed by atoms with Crippen LogP contribution < -0.4 is 20.4 Å². The zero-order valence-corrected chi connectivity index (χ0v) is 27.5. The Bertz CT molecular complexity index is 1090. The second kappa shape index (κ2) is 14.0. The van der Waals surface area contributed by atoms with E-state index >= 15 is 0 Å². The molecule has 40 heavy (non-hydrogen) atoms. The number of hydrogen-bond donors (Lipinski definition) is 0. The number of hydrogen-bond acceptors (Lipinski definition) is 5. The van der Waals surface area contributed by atoms with Gasteiger partial charge in [0.25, 0.3) is 0 Å². The van der Waals surface area contributed by atoms with Crippen molar-refractivity contribution in [3.63, 3.8) is 0 Å². The average Bonchev–Trinajstić information content (AvgIpc) is 2.82. The molecule has 0 heterocycles. The van der Waals surface area contributed by atoms with Gasteiger partial charge in [-0.25, -0.2) is 0 Å². The summed E-state index contributed by atoms with van der Waals surface area (Å²) < 4.78 is 0. The molecular weight excluding hydrogens is 534 g/mol. The van der Waals surface area contributed by atoms with Gasteiger partial charge in [-0.3, -0.25) is 4.90 Å². The first kappa shape index (κ1) is 35.7. The van der Waals surface area contributed by atoms with Crippen LogP contribution in [0.25, 0.3) is 0 Å². The first-order valence-electron chi connectivity index (χ1n) is 13.5. The van der Waals surface area contributed by atoms with E-state index < -0.39 is 0 Å². The normalized spacial score (nSPS) is 12.0. The Kier molecular flexibility index (Phi) is 12.5. The molecule has 6 heteroatoms. The molecule has 3 rings (SSSR count). The maximum absolute atomic E-state index is 13.4. The molecule has 0 aliphatic heterocycles. The van der Waals surface area contributed by atoms with E-state index in [1.165, 1.54) is 0 Å². The predicted molar refractivity (Wildman–Crippen MR) is 153 cm³/mol. The molecule has 0 atom stereocenters. The molecule has 0 aliphatic carbocycles. The van der Waals surface area contributed by atoms with E-state index in [0.717, 1.165) is 23.8 Å². The minimum absolute atomic E-state index is 0. The summed E-state index contributed by atoms with van der Waals surface area (Å²) in [6.07, 6.45) is 0. The maximum Gasteiger partial charge on any atom is 4.00 e. The van der Waals surface area contributed by atoms with Crippen LogP contribution in [0.15, 0.2) is 54.6 Å². The van der Waals surface area contributed by atoms with Gasteiger partial charge in [0.05, 0.1) is 0 Å². The van der Waals surface area contributed by atoms with E-state index in [9.17, 15) is 15.3 Å². The molecule has 3 aromatic rings. The Hall–Kier alpha value is -2.31. The Morgan fingerprint density at radius 2 is 0.700 bits per heavy atom. The maximum atomic E-state index is 13.4. The third-order valence-corrected chi connectivity index (χ3v) is 6.90. The second-order valence-corrected chi connectivity index (χ2v) is 13.3. The average molecular weight is 580 g/mol. The van der Waals surface area contributed by atoms with Crippen molar-refractivity contribution in [1.29, 1.82) is 0 Å². The van der Waals surface area contributed by atoms with Crippen LogP contribution in [0.5, 0.6) is 17.2 Å². The van der Waals surface area contributed by atoms with Crippen molar-refractivity contribution in [2.45, 2.75) is 98.2 Å². The van der Waals surface area contributed by atoms with E-state index in [-0.39, 0.29) is 55.2 Å². The first-order valence-corrected chi connectivity index (χ1v) is 13.5. The molecule has 5 nitrogen and oxygen atoms in total. The van der Waals surface area contributed by atoms with Crippen molar-refractivity contribution < 1.29 is 42.1 Å². The molecule has 0 unspecified atom stereocenters. The summed E-state index contributed by atoms with van der Waals surface area (Å²) in [4.78, 5) is 2.05. The molecule has 0 fully saturated rings. The van der Waals surface area contributed by atoms with Gasteiger partial charge >= 0.3 is 21.7 Å². The van der Waals surface area contributed by atoms with E-state index in [1.807, 2.05) is 117 Å². The smallest absolute Gasteiger partial charge is 0.872 e. The SMILES string of the molecule is CC(C)(C)c1cccc(CN(Cc2cccc(C(C)(C)C)c2[O-])Cc2cccc(C(C)(C)C)c2[O-])c1[O-].C[O-].[Ti+4]. The van der Waals surface area contributed by atoms with Crippen LogP contribution in [0, 0.1) is 0 Å². The van der Waals surface area contributed by atoms with Crippen molar-refractivity contribution in [3.8, 4) is 17.2 Å². The second-order valence-electron chi connectivity index (χ2n) is 13.3. The molecule has 0 amide bonds. The van der Waals surface area contributed by atoms with Crippen molar-refractivity contribution in [2.24, 2.45) is 0 Å². The van der Waals surface area contributed by atoms with Gasteiger partial charge in [-0.2, -0.15) is 7.11 Å². The molecule has 0 N–H and O–H groups in total. The number of para-hydroxylation sites is 3.